The minimum absolute atomic E-state index is 0.0120. The van der Waals surface area contributed by atoms with Gasteiger partial charge in [-0.05, 0) is 42.0 Å². The van der Waals surface area contributed by atoms with E-state index < -0.39 is 24.0 Å². The lowest BCUT2D eigenvalue weighted by Crippen LogP contribution is -2.47. The molecule has 0 radical (unpaired) electrons. The van der Waals surface area contributed by atoms with Crippen LogP contribution in [0, 0.1) is 11.3 Å². The molecule has 34 heavy (non-hydrogen) atoms. The van der Waals surface area contributed by atoms with Gasteiger partial charge in [0.2, 0.25) is 5.91 Å². The first-order chi connectivity index (χ1) is 16.4. The monoisotopic (exact) mass is 461 g/mol. The highest BCUT2D eigenvalue weighted by atomic mass is 16.5. The molecule has 2 aromatic carbocycles. The van der Waals surface area contributed by atoms with Gasteiger partial charge < -0.3 is 20.5 Å². The van der Waals surface area contributed by atoms with Gasteiger partial charge in [0, 0.05) is 24.5 Å². The van der Waals surface area contributed by atoms with Crippen LogP contribution in [0.4, 0.5) is 4.79 Å². The predicted octanol–water partition coefficient (Wildman–Crippen LogP) is 3.73. The molecule has 0 aliphatic heterocycles. The van der Waals surface area contributed by atoms with Crippen LogP contribution < -0.4 is 10.6 Å². The molecular weight excluding hydrogens is 434 g/mol. The van der Waals surface area contributed by atoms with Crippen LogP contribution in [0.25, 0.3) is 11.1 Å². The van der Waals surface area contributed by atoms with Gasteiger partial charge in [-0.15, -0.1) is 0 Å². The molecule has 2 amide bonds. The molecule has 0 aromatic heterocycles. The van der Waals surface area contributed by atoms with E-state index in [4.69, 9.17) is 15.1 Å². The first-order valence-corrected chi connectivity index (χ1v) is 11.1. The number of amides is 2. The Balaban J connectivity index is 1.62. The Morgan fingerprint density at radius 1 is 1.12 bits per heavy atom. The lowest BCUT2D eigenvalue weighted by atomic mass is 9.98. The second kappa shape index (κ2) is 11.7. The molecule has 3 N–H and O–H groups in total. The Hall–Kier alpha value is -4.12. The Morgan fingerprint density at radius 3 is 2.32 bits per heavy atom. The van der Waals surface area contributed by atoms with Gasteiger partial charge in [-0.1, -0.05) is 54.6 Å². The molecule has 1 aliphatic rings. The average Bonchev–Trinajstić information content (AvgIpc) is 3.15. The summed E-state index contributed by atoms with van der Waals surface area (Å²) in [6, 6.07) is 17.1. The fraction of sp³-hybridized carbons (Fsp3) is 0.308. The predicted molar refractivity (Wildman–Crippen MR) is 126 cm³/mol. The van der Waals surface area contributed by atoms with E-state index >= 15 is 0 Å². The van der Waals surface area contributed by atoms with E-state index in [1.807, 2.05) is 54.6 Å². The first-order valence-electron chi connectivity index (χ1n) is 11.1. The lowest BCUT2D eigenvalue weighted by molar-refractivity contribution is -0.132. The minimum atomic E-state index is -1.07. The van der Waals surface area contributed by atoms with E-state index in [-0.39, 0.29) is 37.5 Å². The van der Waals surface area contributed by atoms with Crippen molar-refractivity contribution in [1.29, 1.82) is 5.26 Å². The van der Waals surface area contributed by atoms with Gasteiger partial charge in [0.05, 0.1) is 6.07 Å². The number of hydrogen-bond donors (Lipinski definition) is 3. The van der Waals surface area contributed by atoms with Gasteiger partial charge in [-0.2, -0.15) is 5.26 Å². The molecule has 1 aliphatic carbocycles. The van der Waals surface area contributed by atoms with Crippen LogP contribution in [0.15, 0.2) is 60.2 Å². The van der Waals surface area contributed by atoms with Crippen LogP contribution in [-0.2, 0) is 14.3 Å². The third kappa shape index (κ3) is 6.01. The second-order valence-corrected chi connectivity index (χ2v) is 8.01. The molecule has 0 heterocycles. The summed E-state index contributed by atoms with van der Waals surface area (Å²) in [6.07, 6.45) is 1.57. The minimum Gasteiger partial charge on any atom is -0.478 e. The maximum Gasteiger partial charge on any atom is 0.407 e. The maximum absolute atomic E-state index is 12.6. The summed E-state index contributed by atoms with van der Waals surface area (Å²) in [5.74, 6) is -1.65. The molecule has 0 fully saturated rings. The Labute approximate surface area is 198 Å². The Bertz CT molecular complexity index is 1090. The molecule has 0 saturated heterocycles. The summed E-state index contributed by atoms with van der Waals surface area (Å²) in [7, 11) is 0. The van der Waals surface area contributed by atoms with Crippen molar-refractivity contribution in [2.24, 2.45) is 0 Å². The summed E-state index contributed by atoms with van der Waals surface area (Å²) in [6.45, 7) is 1.55. The summed E-state index contributed by atoms with van der Waals surface area (Å²) < 4.78 is 5.52. The average molecular weight is 462 g/mol. The van der Waals surface area contributed by atoms with Gasteiger partial charge >= 0.3 is 12.1 Å². The molecule has 1 unspecified atom stereocenters. The summed E-state index contributed by atoms with van der Waals surface area (Å²) >= 11 is 0. The van der Waals surface area contributed by atoms with Crippen LogP contribution in [0.5, 0.6) is 0 Å². The number of carbonyl (C=O) groups is 3. The molecule has 1 atom stereocenters. The van der Waals surface area contributed by atoms with Gasteiger partial charge in [-0.3, -0.25) is 4.79 Å². The first kappa shape index (κ1) is 24.5. The van der Waals surface area contributed by atoms with Crippen molar-refractivity contribution in [2.75, 3.05) is 13.2 Å². The van der Waals surface area contributed by atoms with Crippen LogP contribution >= 0.6 is 0 Å². The zero-order valence-corrected chi connectivity index (χ0v) is 18.9. The second-order valence-electron chi connectivity index (χ2n) is 8.01. The number of carbonyl (C=O) groups excluding carboxylic acids is 2. The van der Waals surface area contributed by atoms with E-state index in [2.05, 4.69) is 10.6 Å². The smallest absolute Gasteiger partial charge is 0.407 e. The molecule has 0 saturated carbocycles. The standard InChI is InChI=1S/C26H27N3O5/c1-17(25(31)32)13-15-28-24(30)23(12-6-7-14-27)29-26(33)34-16-22-20-10-4-2-8-18(20)19-9-3-5-11-21(19)22/h2-5,8-11,13,22-23H,6-7,12,15-16H2,1H3,(H,28,30)(H,29,33)(H,31,32)/b17-13+. The Morgan fingerprint density at radius 2 is 1.74 bits per heavy atom. The van der Waals surface area contributed by atoms with Crippen molar-refractivity contribution in [3.8, 4) is 17.2 Å². The van der Waals surface area contributed by atoms with E-state index in [9.17, 15) is 14.4 Å². The largest absolute Gasteiger partial charge is 0.478 e. The summed E-state index contributed by atoms with van der Waals surface area (Å²) in [5, 5.41) is 22.9. The van der Waals surface area contributed by atoms with Crippen LogP contribution in [-0.4, -0.2) is 42.3 Å². The van der Waals surface area contributed by atoms with E-state index in [1.54, 1.807) is 0 Å². The number of alkyl carbamates (subject to hydrolysis) is 1. The Kier molecular flexibility index (Phi) is 8.41. The number of aliphatic carboxylic acids is 1. The summed E-state index contributed by atoms with van der Waals surface area (Å²) in [5.41, 5.74) is 4.50. The number of unbranched alkanes of at least 4 members (excludes halogenated alkanes) is 1. The van der Waals surface area contributed by atoms with Crippen molar-refractivity contribution in [3.05, 3.63) is 71.3 Å². The number of rotatable bonds is 10. The molecule has 2 aromatic rings. The number of hydrogen-bond acceptors (Lipinski definition) is 5. The fourth-order valence-electron chi connectivity index (χ4n) is 3.95. The SMILES string of the molecule is C/C(=C\CNC(=O)C(CCCC#N)NC(=O)OCC1c2ccccc2-c2ccccc21)C(=O)O. The number of carboxylic acids is 1. The van der Waals surface area contributed by atoms with Crippen LogP contribution in [0.1, 0.15) is 43.2 Å². The van der Waals surface area contributed by atoms with E-state index in [1.165, 1.54) is 13.0 Å². The maximum atomic E-state index is 12.6. The number of carboxylic acid groups (broad SMARTS) is 1. The quantitative estimate of drug-likeness (QED) is 0.365. The zero-order chi connectivity index (χ0) is 24.5. The highest BCUT2D eigenvalue weighted by Crippen LogP contribution is 2.44. The number of ether oxygens (including phenoxy) is 1. The molecule has 8 nitrogen and oxygen atoms in total. The normalized spacial score (nSPS) is 13.2. The fourth-order valence-corrected chi connectivity index (χ4v) is 3.95. The topological polar surface area (TPSA) is 129 Å². The van der Waals surface area contributed by atoms with Crippen LogP contribution in [0.3, 0.4) is 0 Å². The third-order valence-electron chi connectivity index (χ3n) is 5.76. The van der Waals surface area contributed by atoms with Gasteiger partial charge in [-0.25, -0.2) is 9.59 Å². The molecule has 3 rings (SSSR count). The molecule has 0 spiro atoms. The van der Waals surface area contributed by atoms with Crippen molar-refractivity contribution < 1.29 is 24.2 Å². The number of benzene rings is 2. The summed E-state index contributed by atoms with van der Waals surface area (Å²) in [4.78, 5) is 36.0. The van der Waals surface area contributed by atoms with Crippen molar-refractivity contribution >= 4 is 18.0 Å². The van der Waals surface area contributed by atoms with Crippen molar-refractivity contribution in [2.45, 2.75) is 38.1 Å². The number of nitriles is 1. The third-order valence-corrected chi connectivity index (χ3v) is 5.76. The van der Waals surface area contributed by atoms with Crippen molar-refractivity contribution in [3.63, 3.8) is 0 Å². The van der Waals surface area contributed by atoms with Gasteiger partial charge in [0.1, 0.15) is 12.6 Å². The molecule has 176 valence electrons. The van der Waals surface area contributed by atoms with Gasteiger partial charge in [0.25, 0.3) is 0 Å². The number of fused-ring (bicyclic) bond motifs is 3. The number of nitrogens with one attached hydrogen (secondary N) is 2. The molecule has 0 bridgehead atoms. The van der Waals surface area contributed by atoms with Gasteiger partial charge in [0.15, 0.2) is 0 Å². The lowest BCUT2D eigenvalue weighted by Gasteiger charge is -2.19. The zero-order valence-electron chi connectivity index (χ0n) is 18.9. The number of nitrogens with zero attached hydrogens (tertiary/aromatic N) is 1. The molecule has 8 heteroatoms. The highest BCUT2D eigenvalue weighted by Gasteiger charge is 2.29. The van der Waals surface area contributed by atoms with Crippen LogP contribution in [0.2, 0.25) is 0 Å². The highest BCUT2D eigenvalue weighted by molar-refractivity contribution is 5.87. The van der Waals surface area contributed by atoms with Crippen molar-refractivity contribution in [1.82, 2.24) is 10.6 Å². The molecular formula is C26H27N3O5. The van der Waals surface area contributed by atoms with E-state index in [0.29, 0.717) is 6.42 Å². The van der Waals surface area contributed by atoms with E-state index in [0.717, 1.165) is 22.3 Å².